The molecule has 0 radical (unpaired) electrons. The van der Waals surface area contributed by atoms with Crippen molar-refractivity contribution >= 4 is 16.0 Å². The van der Waals surface area contributed by atoms with Crippen molar-refractivity contribution in [3.8, 4) is 0 Å². The monoisotopic (exact) mass is 406 g/mol. The van der Waals surface area contributed by atoms with Crippen molar-refractivity contribution in [2.24, 2.45) is 0 Å². The molecule has 26 heavy (non-hydrogen) atoms. The third-order valence-corrected chi connectivity index (χ3v) is 5.13. The molecule has 1 saturated heterocycles. The Kier molecular flexibility index (Phi) is 5.71. The third-order valence-electron chi connectivity index (χ3n) is 3.85. The first kappa shape index (κ1) is 20.7. The molecule has 0 amide bonds. The van der Waals surface area contributed by atoms with E-state index >= 15 is 0 Å². The van der Waals surface area contributed by atoms with Crippen molar-refractivity contribution in [2.45, 2.75) is 31.2 Å². The lowest BCUT2D eigenvalue weighted by molar-refractivity contribution is -0.141. The number of alkyl halides is 6. The first-order valence-electron chi connectivity index (χ1n) is 7.46. The molecule has 13 heteroatoms. The number of halogens is 6. The molecule has 0 spiro atoms. The van der Waals surface area contributed by atoms with Crippen LogP contribution in [-0.4, -0.2) is 60.8 Å². The molecule has 1 aromatic heterocycles. The van der Waals surface area contributed by atoms with Crippen LogP contribution in [0, 0.1) is 0 Å². The highest BCUT2D eigenvalue weighted by atomic mass is 32.2. The maximum atomic E-state index is 12.7. The Morgan fingerprint density at radius 1 is 1.19 bits per heavy atom. The predicted molar refractivity (Wildman–Crippen MR) is 79.9 cm³/mol. The second-order valence-corrected chi connectivity index (χ2v) is 7.82. The lowest BCUT2D eigenvalue weighted by Gasteiger charge is -2.37. The average Bonchev–Trinajstić information content (AvgIpc) is 2.50. The summed E-state index contributed by atoms with van der Waals surface area (Å²) in [4.78, 5) is 8.57. The van der Waals surface area contributed by atoms with Gasteiger partial charge in [0.05, 0.1) is 6.26 Å². The van der Waals surface area contributed by atoms with Crippen molar-refractivity contribution < 1.29 is 34.8 Å². The molecular formula is C13H16F6N4O2S. The summed E-state index contributed by atoms with van der Waals surface area (Å²) in [7, 11) is -4.09. The summed E-state index contributed by atoms with van der Waals surface area (Å²) in [5.74, 6) is -0.194. The summed E-state index contributed by atoms with van der Waals surface area (Å²) in [5, 5.41) is 0. The van der Waals surface area contributed by atoms with Crippen molar-refractivity contribution in [3.05, 3.63) is 18.0 Å². The number of piperidine rings is 1. The van der Waals surface area contributed by atoms with Crippen LogP contribution in [0.3, 0.4) is 0 Å². The van der Waals surface area contributed by atoms with Gasteiger partial charge >= 0.3 is 12.4 Å². The van der Waals surface area contributed by atoms with Crippen LogP contribution in [0.1, 0.15) is 18.5 Å². The van der Waals surface area contributed by atoms with Gasteiger partial charge in [-0.25, -0.2) is 18.4 Å². The van der Waals surface area contributed by atoms with Crippen LogP contribution in [-0.2, 0) is 16.2 Å². The van der Waals surface area contributed by atoms with Gasteiger partial charge in [0.25, 0.3) is 0 Å². The van der Waals surface area contributed by atoms with Crippen molar-refractivity contribution in [1.29, 1.82) is 0 Å². The molecule has 0 unspecified atom stereocenters. The fourth-order valence-corrected chi connectivity index (χ4v) is 3.84. The van der Waals surface area contributed by atoms with Gasteiger partial charge in [-0.05, 0) is 18.9 Å². The Morgan fingerprint density at radius 2 is 1.77 bits per heavy atom. The number of hydrogen-bond acceptors (Lipinski definition) is 5. The fourth-order valence-electron chi connectivity index (χ4n) is 2.71. The van der Waals surface area contributed by atoms with Gasteiger partial charge < -0.3 is 4.90 Å². The first-order valence-corrected chi connectivity index (χ1v) is 9.31. The number of aromatic nitrogens is 2. The minimum Gasteiger partial charge on any atom is -0.341 e. The zero-order valence-corrected chi connectivity index (χ0v) is 14.4. The smallest absolute Gasteiger partial charge is 0.341 e. The number of anilines is 1. The van der Waals surface area contributed by atoms with Crippen LogP contribution < -0.4 is 4.90 Å². The third kappa shape index (κ3) is 5.43. The summed E-state index contributed by atoms with van der Waals surface area (Å²) in [6.07, 6.45) is -7.66. The van der Waals surface area contributed by atoms with Gasteiger partial charge in [0, 0.05) is 25.3 Å². The molecule has 0 aliphatic carbocycles. The van der Waals surface area contributed by atoms with Gasteiger partial charge in [-0.3, -0.25) is 0 Å². The molecule has 1 aliphatic rings. The summed E-state index contributed by atoms with van der Waals surface area (Å²) in [6.45, 7) is -1.53. The highest BCUT2D eigenvalue weighted by molar-refractivity contribution is 7.88. The Hall–Kier alpha value is -1.63. The van der Waals surface area contributed by atoms with E-state index in [-0.39, 0.29) is 31.9 Å². The topological polar surface area (TPSA) is 66.4 Å². The van der Waals surface area contributed by atoms with Gasteiger partial charge in [-0.2, -0.15) is 30.6 Å². The molecule has 6 nitrogen and oxygen atoms in total. The van der Waals surface area contributed by atoms with Gasteiger partial charge in [0.2, 0.25) is 16.0 Å². The molecule has 0 aromatic carbocycles. The quantitative estimate of drug-likeness (QED) is 0.718. The summed E-state index contributed by atoms with van der Waals surface area (Å²) >= 11 is 0. The SMILES string of the molecule is CS(=O)(=O)N(CC(F)(F)F)C1CCN(c2nccc(C(F)(F)F)n2)CC1. The van der Waals surface area contributed by atoms with E-state index in [1.807, 2.05) is 0 Å². The maximum absolute atomic E-state index is 12.7. The first-order chi connectivity index (χ1) is 11.8. The van der Waals surface area contributed by atoms with Crippen LogP contribution in [0.25, 0.3) is 0 Å². The van der Waals surface area contributed by atoms with Crippen LogP contribution >= 0.6 is 0 Å². The van der Waals surface area contributed by atoms with E-state index in [2.05, 4.69) is 9.97 Å². The molecule has 1 aromatic rings. The van der Waals surface area contributed by atoms with Gasteiger partial charge in [0.1, 0.15) is 12.2 Å². The number of rotatable bonds is 4. The molecule has 2 rings (SSSR count). The lowest BCUT2D eigenvalue weighted by atomic mass is 10.1. The molecule has 0 bridgehead atoms. The van der Waals surface area contributed by atoms with E-state index in [0.717, 1.165) is 6.20 Å². The van der Waals surface area contributed by atoms with Crippen molar-refractivity contribution in [3.63, 3.8) is 0 Å². The van der Waals surface area contributed by atoms with E-state index in [1.54, 1.807) is 0 Å². The number of sulfonamides is 1. The zero-order chi connectivity index (χ0) is 19.8. The van der Waals surface area contributed by atoms with E-state index < -0.39 is 40.7 Å². The van der Waals surface area contributed by atoms with Crippen LogP contribution in [0.15, 0.2) is 12.3 Å². The molecule has 0 saturated carbocycles. The van der Waals surface area contributed by atoms with Crippen molar-refractivity contribution in [2.75, 3.05) is 30.8 Å². The molecule has 2 heterocycles. The fraction of sp³-hybridized carbons (Fsp3) is 0.692. The summed E-state index contributed by atoms with van der Waals surface area (Å²) < 4.78 is 99.8. The minimum atomic E-state index is -4.69. The van der Waals surface area contributed by atoms with Crippen molar-refractivity contribution in [1.82, 2.24) is 14.3 Å². The maximum Gasteiger partial charge on any atom is 0.433 e. The lowest BCUT2D eigenvalue weighted by Crippen LogP contribution is -2.50. The van der Waals surface area contributed by atoms with Crippen LogP contribution in [0.2, 0.25) is 0 Å². The van der Waals surface area contributed by atoms with E-state index in [4.69, 9.17) is 0 Å². The molecule has 148 valence electrons. The Balaban J connectivity index is 2.11. The van der Waals surface area contributed by atoms with Gasteiger partial charge in [-0.15, -0.1) is 0 Å². The Bertz CT molecular complexity index is 729. The molecular weight excluding hydrogens is 390 g/mol. The minimum absolute atomic E-state index is 0.0166. The Morgan fingerprint density at radius 3 is 2.23 bits per heavy atom. The highest BCUT2D eigenvalue weighted by Gasteiger charge is 2.40. The van der Waals surface area contributed by atoms with E-state index in [1.165, 1.54) is 4.90 Å². The number of nitrogens with zero attached hydrogens (tertiary/aromatic N) is 4. The van der Waals surface area contributed by atoms with Crippen LogP contribution in [0.5, 0.6) is 0 Å². The largest absolute Gasteiger partial charge is 0.433 e. The van der Waals surface area contributed by atoms with E-state index in [0.29, 0.717) is 16.6 Å². The normalized spacial score (nSPS) is 17.8. The second-order valence-electron chi connectivity index (χ2n) is 5.88. The van der Waals surface area contributed by atoms with Crippen LogP contribution in [0.4, 0.5) is 32.3 Å². The molecule has 0 N–H and O–H groups in total. The summed E-state index contributed by atoms with van der Waals surface area (Å²) in [6, 6.07) is -0.181. The average molecular weight is 406 g/mol. The number of hydrogen-bond donors (Lipinski definition) is 0. The molecule has 1 fully saturated rings. The predicted octanol–water partition coefficient (Wildman–Crippen LogP) is 2.29. The zero-order valence-electron chi connectivity index (χ0n) is 13.5. The van der Waals surface area contributed by atoms with Gasteiger partial charge in [0.15, 0.2) is 0 Å². The Labute approximate surface area is 145 Å². The van der Waals surface area contributed by atoms with Gasteiger partial charge in [-0.1, -0.05) is 0 Å². The summed E-state index contributed by atoms with van der Waals surface area (Å²) in [5.41, 5.74) is -1.13. The molecule has 0 atom stereocenters. The standard InChI is InChI=1S/C13H16F6N4O2S/c1-26(24,25)23(8-12(14,15)16)9-3-6-22(7-4-9)11-20-5-2-10(21-11)13(17,18)19/h2,5,9H,3-4,6-8H2,1H3. The van der Waals surface area contributed by atoms with E-state index in [9.17, 15) is 34.8 Å². The second kappa shape index (κ2) is 7.18. The highest BCUT2D eigenvalue weighted by Crippen LogP contribution is 2.30. The molecule has 1 aliphatic heterocycles.